The summed E-state index contributed by atoms with van der Waals surface area (Å²) in [7, 11) is 1.79. The molecule has 0 radical (unpaired) electrons. The molecule has 126 valence electrons. The molecule has 1 aromatic heterocycles. The predicted molar refractivity (Wildman–Crippen MR) is 106 cm³/mol. The molecule has 0 unspecified atom stereocenters. The number of nitrogens with zero attached hydrogens (tertiary/aromatic N) is 3. The fourth-order valence-electron chi connectivity index (χ4n) is 2.17. The Hall–Kier alpha value is -1.57. The second kappa shape index (κ2) is 8.90. The second-order valence-electron chi connectivity index (χ2n) is 6.27. The summed E-state index contributed by atoms with van der Waals surface area (Å²) in [5, 5.41) is 11.0. The van der Waals surface area contributed by atoms with Crippen LogP contribution in [0.4, 0.5) is 0 Å². The molecule has 0 fully saturated rings. The zero-order valence-electron chi connectivity index (χ0n) is 14.2. The first-order chi connectivity index (χ1) is 10.5. The van der Waals surface area contributed by atoms with Gasteiger partial charge in [-0.2, -0.15) is 5.10 Å². The van der Waals surface area contributed by atoms with Gasteiger partial charge in [-0.25, -0.2) is 0 Å². The van der Waals surface area contributed by atoms with Gasteiger partial charge in [-0.1, -0.05) is 24.3 Å². The van der Waals surface area contributed by atoms with Crippen molar-refractivity contribution in [2.24, 2.45) is 4.99 Å². The quantitative estimate of drug-likeness (QED) is 0.448. The van der Waals surface area contributed by atoms with E-state index >= 15 is 0 Å². The number of benzene rings is 1. The SMILES string of the molecule is CN=C(NCc1ccccc1Cn1cccn1)NC(C)(C)C.I. The van der Waals surface area contributed by atoms with E-state index in [1.54, 1.807) is 13.2 Å². The number of halogens is 1. The van der Waals surface area contributed by atoms with E-state index in [-0.39, 0.29) is 29.5 Å². The number of guanidine groups is 1. The van der Waals surface area contributed by atoms with Gasteiger partial charge < -0.3 is 10.6 Å². The van der Waals surface area contributed by atoms with Crippen LogP contribution in [-0.2, 0) is 13.1 Å². The van der Waals surface area contributed by atoms with Crippen molar-refractivity contribution in [3.63, 3.8) is 0 Å². The van der Waals surface area contributed by atoms with Crippen LogP contribution in [0.25, 0.3) is 0 Å². The van der Waals surface area contributed by atoms with Crippen LogP contribution in [0.3, 0.4) is 0 Å². The van der Waals surface area contributed by atoms with Gasteiger partial charge in [-0.05, 0) is 38.0 Å². The molecular formula is C17H26IN5. The summed E-state index contributed by atoms with van der Waals surface area (Å²) in [6.07, 6.45) is 3.78. The highest BCUT2D eigenvalue weighted by Gasteiger charge is 2.12. The van der Waals surface area contributed by atoms with E-state index in [9.17, 15) is 0 Å². The molecule has 6 heteroatoms. The van der Waals surface area contributed by atoms with E-state index in [0.717, 1.165) is 19.0 Å². The Morgan fingerprint density at radius 1 is 1.17 bits per heavy atom. The lowest BCUT2D eigenvalue weighted by Crippen LogP contribution is -2.47. The first kappa shape index (κ1) is 19.5. The number of aliphatic imine (C=N–C) groups is 1. The van der Waals surface area contributed by atoms with E-state index < -0.39 is 0 Å². The highest BCUT2D eigenvalue weighted by atomic mass is 127. The summed E-state index contributed by atoms with van der Waals surface area (Å²) in [4.78, 5) is 4.27. The molecule has 0 aliphatic rings. The first-order valence-corrected chi connectivity index (χ1v) is 7.51. The third-order valence-corrected chi connectivity index (χ3v) is 3.17. The maximum absolute atomic E-state index is 4.27. The lowest BCUT2D eigenvalue weighted by atomic mass is 10.1. The zero-order valence-corrected chi connectivity index (χ0v) is 16.5. The summed E-state index contributed by atoms with van der Waals surface area (Å²) in [6.45, 7) is 7.85. The molecule has 2 aromatic rings. The fraction of sp³-hybridized carbons (Fsp3) is 0.412. The predicted octanol–water partition coefficient (Wildman–Crippen LogP) is 3.01. The van der Waals surface area contributed by atoms with Gasteiger partial charge in [0, 0.05) is 31.5 Å². The molecule has 0 aliphatic carbocycles. The van der Waals surface area contributed by atoms with E-state index in [2.05, 4.69) is 65.8 Å². The van der Waals surface area contributed by atoms with Crippen molar-refractivity contribution in [2.45, 2.75) is 39.4 Å². The van der Waals surface area contributed by atoms with Crippen LogP contribution < -0.4 is 10.6 Å². The number of hydrogen-bond acceptors (Lipinski definition) is 2. The zero-order chi connectivity index (χ0) is 16.0. The Kier molecular flexibility index (Phi) is 7.54. The van der Waals surface area contributed by atoms with Crippen molar-refractivity contribution in [1.82, 2.24) is 20.4 Å². The number of hydrogen-bond donors (Lipinski definition) is 2. The number of rotatable bonds is 4. The Labute approximate surface area is 155 Å². The minimum absolute atomic E-state index is 0. The van der Waals surface area contributed by atoms with Crippen molar-refractivity contribution in [3.05, 3.63) is 53.9 Å². The van der Waals surface area contributed by atoms with Gasteiger partial charge in [-0.15, -0.1) is 24.0 Å². The monoisotopic (exact) mass is 427 g/mol. The maximum atomic E-state index is 4.27. The largest absolute Gasteiger partial charge is 0.352 e. The Morgan fingerprint density at radius 2 is 1.87 bits per heavy atom. The molecule has 0 bridgehead atoms. The summed E-state index contributed by atoms with van der Waals surface area (Å²) >= 11 is 0. The minimum atomic E-state index is -0.0174. The molecule has 0 spiro atoms. The van der Waals surface area contributed by atoms with Gasteiger partial charge in [0.05, 0.1) is 6.54 Å². The molecule has 1 heterocycles. The molecule has 0 saturated heterocycles. The van der Waals surface area contributed by atoms with Gasteiger partial charge in [-0.3, -0.25) is 9.67 Å². The Bertz CT molecular complexity index is 614. The van der Waals surface area contributed by atoms with E-state index in [1.165, 1.54) is 11.1 Å². The van der Waals surface area contributed by atoms with Crippen molar-refractivity contribution >= 4 is 29.9 Å². The Morgan fingerprint density at radius 3 is 2.43 bits per heavy atom. The van der Waals surface area contributed by atoms with E-state index in [1.807, 2.05) is 16.9 Å². The Balaban J connectivity index is 0.00000264. The van der Waals surface area contributed by atoms with Crippen molar-refractivity contribution in [3.8, 4) is 0 Å². The fourth-order valence-corrected chi connectivity index (χ4v) is 2.17. The smallest absolute Gasteiger partial charge is 0.191 e. The lowest BCUT2D eigenvalue weighted by molar-refractivity contribution is 0.501. The highest BCUT2D eigenvalue weighted by molar-refractivity contribution is 14.0. The molecule has 0 aliphatic heterocycles. The van der Waals surface area contributed by atoms with E-state index in [4.69, 9.17) is 0 Å². The summed E-state index contributed by atoms with van der Waals surface area (Å²) < 4.78 is 1.93. The van der Waals surface area contributed by atoms with Gasteiger partial charge in [0.2, 0.25) is 0 Å². The number of nitrogens with one attached hydrogen (secondary N) is 2. The summed E-state index contributed by atoms with van der Waals surface area (Å²) in [5.41, 5.74) is 2.48. The standard InChI is InChI=1S/C17H25N5.HI/c1-17(2,3)21-16(18-4)19-12-14-8-5-6-9-15(14)13-22-11-7-10-20-22;/h5-11H,12-13H2,1-4H3,(H2,18,19,21);1H. The minimum Gasteiger partial charge on any atom is -0.352 e. The topological polar surface area (TPSA) is 54.2 Å². The summed E-state index contributed by atoms with van der Waals surface area (Å²) in [5.74, 6) is 0.807. The first-order valence-electron chi connectivity index (χ1n) is 7.51. The molecule has 0 saturated carbocycles. The van der Waals surface area contributed by atoms with E-state index in [0.29, 0.717) is 0 Å². The lowest BCUT2D eigenvalue weighted by Gasteiger charge is -2.24. The van der Waals surface area contributed by atoms with Crippen LogP contribution in [0.15, 0.2) is 47.7 Å². The molecule has 1 aromatic carbocycles. The van der Waals surface area contributed by atoms with Crippen molar-refractivity contribution in [2.75, 3.05) is 7.05 Å². The number of aromatic nitrogens is 2. The second-order valence-corrected chi connectivity index (χ2v) is 6.27. The van der Waals surface area contributed by atoms with Crippen LogP contribution in [0.2, 0.25) is 0 Å². The van der Waals surface area contributed by atoms with Crippen LogP contribution in [0.5, 0.6) is 0 Å². The molecule has 5 nitrogen and oxygen atoms in total. The molecule has 2 N–H and O–H groups in total. The van der Waals surface area contributed by atoms with Crippen LogP contribution in [0.1, 0.15) is 31.9 Å². The molecule has 0 amide bonds. The molecular weight excluding hydrogens is 401 g/mol. The van der Waals surface area contributed by atoms with Crippen LogP contribution >= 0.6 is 24.0 Å². The van der Waals surface area contributed by atoms with Gasteiger partial charge in [0.25, 0.3) is 0 Å². The highest BCUT2D eigenvalue weighted by Crippen LogP contribution is 2.10. The van der Waals surface area contributed by atoms with Crippen LogP contribution in [0, 0.1) is 0 Å². The third-order valence-electron chi connectivity index (χ3n) is 3.17. The normalized spacial score (nSPS) is 11.7. The summed E-state index contributed by atoms with van der Waals surface area (Å²) in [6, 6.07) is 10.3. The molecule has 23 heavy (non-hydrogen) atoms. The third kappa shape index (κ3) is 6.60. The van der Waals surface area contributed by atoms with Crippen molar-refractivity contribution in [1.29, 1.82) is 0 Å². The van der Waals surface area contributed by atoms with Crippen molar-refractivity contribution < 1.29 is 0 Å². The molecule has 2 rings (SSSR count). The van der Waals surface area contributed by atoms with Crippen LogP contribution in [-0.4, -0.2) is 28.3 Å². The molecule has 0 atom stereocenters. The van der Waals surface area contributed by atoms with Gasteiger partial charge in [0.15, 0.2) is 5.96 Å². The average molecular weight is 427 g/mol. The average Bonchev–Trinajstić information content (AvgIpc) is 2.96. The van der Waals surface area contributed by atoms with Gasteiger partial charge >= 0.3 is 0 Å². The maximum Gasteiger partial charge on any atom is 0.191 e. The van der Waals surface area contributed by atoms with Gasteiger partial charge in [0.1, 0.15) is 0 Å².